The Kier molecular flexibility index (Phi) is 14.0. The minimum atomic E-state index is -1.19. The summed E-state index contributed by atoms with van der Waals surface area (Å²) in [6, 6.07) is 1.26. The van der Waals surface area contributed by atoms with E-state index in [1.807, 2.05) is 0 Å². The molecule has 0 aliphatic heterocycles. The maximum atomic E-state index is 11.9. The zero-order chi connectivity index (χ0) is 21.3. The largest absolute Gasteiger partial charge is 0.478 e. The standard InChI is InChI=1S/C24H40O5/c1-3-5-10-14-20(15-11-6-4-2)16-12-8-7-9-13-18-29-24(27)22-21(23(25)26)17-19-28-22/h17,19-20H,3-16,18H2,1-2H3,(H,25,26). The molecule has 0 aliphatic carbocycles. The van der Waals surface area contributed by atoms with E-state index in [-0.39, 0.29) is 11.3 Å². The fraction of sp³-hybridized carbons (Fsp3) is 0.750. The Balaban J connectivity index is 2.11. The van der Waals surface area contributed by atoms with E-state index in [4.69, 9.17) is 14.3 Å². The van der Waals surface area contributed by atoms with Gasteiger partial charge in [0.25, 0.3) is 0 Å². The molecular weight excluding hydrogens is 368 g/mol. The number of hydrogen-bond acceptors (Lipinski definition) is 4. The summed E-state index contributed by atoms with van der Waals surface area (Å²) in [6.07, 6.45) is 18.8. The maximum absolute atomic E-state index is 11.9. The summed E-state index contributed by atoms with van der Waals surface area (Å²) in [5.41, 5.74) is -0.151. The van der Waals surface area contributed by atoms with Crippen molar-refractivity contribution >= 4 is 11.9 Å². The molecule has 0 atom stereocenters. The number of hydrogen-bond donors (Lipinski definition) is 1. The van der Waals surface area contributed by atoms with E-state index in [0.29, 0.717) is 6.61 Å². The first kappa shape index (κ1) is 25.3. The molecule has 0 aromatic carbocycles. The third kappa shape index (κ3) is 11.1. The first-order valence-corrected chi connectivity index (χ1v) is 11.6. The van der Waals surface area contributed by atoms with Gasteiger partial charge in [-0.1, -0.05) is 97.3 Å². The molecular formula is C24H40O5. The monoisotopic (exact) mass is 408 g/mol. The Morgan fingerprint density at radius 1 is 0.897 bits per heavy atom. The molecule has 0 saturated carbocycles. The van der Waals surface area contributed by atoms with Gasteiger partial charge >= 0.3 is 11.9 Å². The maximum Gasteiger partial charge on any atom is 0.375 e. The third-order valence-electron chi connectivity index (χ3n) is 5.50. The predicted octanol–water partition coefficient (Wildman–Crippen LogP) is 7.25. The molecule has 29 heavy (non-hydrogen) atoms. The van der Waals surface area contributed by atoms with Crippen LogP contribution < -0.4 is 0 Å². The normalized spacial score (nSPS) is 11.1. The summed E-state index contributed by atoms with van der Waals surface area (Å²) < 4.78 is 10.1. The second-order valence-corrected chi connectivity index (χ2v) is 8.02. The van der Waals surface area contributed by atoms with Crippen LogP contribution in [0.4, 0.5) is 0 Å². The summed E-state index contributed by atoms with van der Waals surface area (Å²) in [4.78, 5) is 22.9. The highest BCUT2D eigenvalue weighted by atomic mass is 16.5. The van der Waals surface area contributed by atoms with Gasteiger partial charge in [0, 0.05) is 0 Å². The van der Waals surface area contributed by atoms with Crippen molar-refractivity contribution in [3.63, 3.8) is 0 Å². The van der Waals surface area contributed by atoms with E-state index in [1.54, 1.807) is 0 Å². The molecule has 0 aliphatic rings. The van der Waals surface area contributed by atoms with Gasteiger partial charge in [-0.3, -0.25) is 0 Å². The van der Waals surface area contributed by atoms with Gasteiger partial charge < -0.3 is 14.3 Å². The van der Waals surface area contributed by atoms with Crippen LogP contribution in [0, 0.1) is 5.92 Å². The number of carboxylic acid groups (broad SMARTS) is 1. The fourth-order valence-corrected chi connectivity index (χ4v) is 3.73. The molecule has 0 radical (unpaired) electrons. The predicted molar refractivity (Wildman–Crippen MR) is 115 cm³/mol. The van der Waals surface area contributed by atoms with E-state index >= 15 is 0 Å². The molecule has 5 nitrogen and oxygen atoms in total. The Bertz CT molecular complexity index is 553. The molecule has 1 aromatic heterocycles. The zero-order valence-corrected chi connectivity index (χ0v) is 18.4. The van der Waals surface area contributed by atoms with Crippen LogP contribution in [0.1, 0.15) is 125 Å². The van der Waals surface area contributed by atoms with Gasteiger partial charge in [-0.25, -0.2) is 9.59 Å². The third-order valence-corrected chi connectivity index (χ3v) is 5.50. The van der Waals surface area contributed by atoms with Gasteiger partial charge in [-0.15, -0.1) is 0 Å². The van der Waals surface area contributed by atoms with E-state index in [1.165, 1.54) is 83.0 Å². The average molecular weight is 409 g/mol. The highest BCUT2D eigenvalue weighted by molar-refractivity contribution is 6.00. The molecule has 1 aromatic rings. The molecule has 1 heterocycles. The fourth-order valence-electron chi connectivity index (χ4n) is 3.73. The summed E-state index contributed by atoms with van der Waals surface area (Å²) in [7, 11) is 0. The lowest BCUT2D eigenvalue weighted by Crippen LogP contribution is -2.10. The lowest BCUT2D eigenvalue weighted by Gasteiger charge is -2.16. The molecule has 0 amide bonds. The number of rotatable bonds is 18. The van der Waals surface area contributed by atoms with Gasteiger partial charge in [0.05, 0.1) is 12.9 Å². The number of carbonyl (C=O) groups excluding carboxylic acids is 1. The molecule has 0 unspecified atom stereocenters. The van der Waals surface area contributed by atoms with Crippen molar-refractivity contribution in [3.8, 4) is 0 Å². The van der Waals surface area contributed by atoms with Gasteiger partial charge in [0.2, 0.25) is 5.76 Å². The lowest BCUT2D eigenvalue weighted by atomic mass is 9.90. The number of aromatic carboxylic acids is 1. The second kappa shape index (κ2) is 16.1. The lowest BCUT2D eigenvalue weighted by molar-refractivity contribution is 0.0450. The van der Waals surface area contributed by atoms with Crippen molar-refractivity contribution in [1.29, 1.82) is 0 Å². The Morgan fingerprint density at radius 2 is 1.45 bits per heavy atom. The molecule has 0 saturated heterocycles. The topological polar surface area (TPSA) is 76.7 Å². The number of furan rings is 1. The molecule has 0 fully saturated rings. The summed E-state index contributed by atoms with van der Waals surface area (Å²) in [6.45, 7) is 4.83. The first-order valence-electron chi connectivity index (χ1n) is 11.6. The van der Waals surface area contributed by atoms with E-state index in [2.05, 4.69) is 13.8 Å². The smallest absolute Gasteiger partial charge is 0.375 e. The van der Waals surface area contributed by atoms with Crippen LogP contribution in [0.3, 0.4) is 0 Å². The Hall–Kier alpha value is -1.78. The highest BCUT2D eigenvalue weighted by Gasteiger charge is 2.21. The van der Waals surface area contributed by atoms with E-state index in [0.717, 1.165) is 25.2 Å². The Labute approximate surface area is 176 Å². The zero-order valence-electron chi connectivity index (χ0n) is 18.4. The average Bonchev–Trinajstić information content (AvgIpc) is 3.20. The molecule has 166 valence electrons. The quantitative estimate of drug-likeness (QED) is 0.204. The van der Waals surface area contributed by atoms with Crippen LogP contribution in [0.2, 0.25) is 0 Å². The number of unbranched alkanes of at least 4 members (excludes halogenated alkanes) is 8. The summed E-state index contributed by atoms with van der Waals surface area (Å²) in [5, 5.41) is 8.99. The van der Waals surface area contributed by atoms with Gasteiger partial charge in [-0.2, -0.15) is 0 Å². The molecule has 5 heteroatoms. The summed E-state index contributed by atoms with van der Waals surface area (Å²) >= 11 is 0. The van der Waals surface area contributed by atoms with E-state index in [9.17, 15) is 9.59 Å². The van der Waals surface area contributed by atoms with Crippen LogP contribution in [-0.2, 0) is 4.74 Å². The van der Waals surface area contributed by atoms with Crippen molar-refractivity contribution in [2.75, 3.05) is 6.61 Å². The van der Waals surface area contributed by atoms with E-state index < -0.39 is 11.9 Å². The Morgan fingerprint density at radius 3 is 2.03 bits per heavy atom. The van der Waals surface area contributed by atoms with Gasteiger partial charge in [0.1, 0.15) is 5.56 Å². The SMILES string of the molecule is CCCCCC(CCCCC)CCCCCCCOC(=O)c1occc1C(=O)O. The molecule has 1 N–H and O–H groups in total. The van der Waals surface area contributed by atoms with Crippen LogP contribution in [0.5, 0.6) is 0 Å². The van der Waals surface area contributed by atoms with Crippen molar-refractivity contribution in [2.45, 2.75) is 104 Å². The molecule has 1 rings (SSSR count). The van der Waals surface area contributed by atoms with Crippen LogP contribution in [-0.4, -0.2) is 23.7 Å². The number of ether oxygens (including phenoxy) is 1. The number of carboxylic acids is 1. The molecule has 0 spiro atoms. The molecule has 0 bridgehead atoms. The first-order chi connectivity index (χ1) is 14.1. The highest BCUT2D eigenvalue weighted by Crippen LogP contribution is 2.23. The van der Waals surface area contributed by atoms with Crippen molar-refractivity contribution in [3.05, 3.63) is 23.7 Å². The van der Waals surface area contributed by atoms with Gasteiger partial charge in [0.15, 0.2) is 0 Å². The van der Waals surface area contributed by atoms with Crippen LogP contribution in [0.25, 0.3) is 0 Å². The van der Waals surface area contributed by atoms with Crippen LogP contribution >= 0.6 is 0 Å². The number of carbonyl (C=O) groups is 2. The van der Waals surface area contributed by atoms with Gasteiger partial charge in [-0.05, 0) is 18.4 Å². The number of esters is 1. The van der Waals surface area contributed by atoms with Crippen molar-refractivity contribution < 1.29 is 23.8 Å². The minimum absolute atomic E-state index is 0.151. The second-order valence-electron chi connectivity index (χ2n) is 8.02. The summed E-state index contributed by atoms with van der Waals surface area (Å²) in [5.74, 6) is -1.22. The van der Waals surface area contributed by atoms with Crippen molar-refractivity contribution in [1.82, 2.24) is 0 Å². The minimum Gasteiger partial charge on any atom is -0.478 e. The van der Waals surface area contributed by atoms with Crippen molar-refractivity contribution in [2.24, 2.45) is 5.92 Å². The van der Waals surface area contributed by atoms with Crippen LogP contribution in [0.15, 0.2) is 16.7 Å².